The molecule has 0 unspecified atom stereocenters. The third-order valence-corrected chi connectivity index (χ3v) is 3.44. The van der Waals surface area contributed by atoms with Crippen LogP contribution in [0.15, 0.2) is 24.3 Å². The van der Waals surface area contributed by atoms with Crippen molar-refractivity contribution in [2.75, 3.05) is 26.2 Å². The highest BCUT2D eigenvalue weighted by Gasteiger charge is 2.24. The second kappa shape index (κ2) is 6.52. The largest absolute Gasteiger partial charge is 0.489 e. The molecule has 0 aromatic heterocycles. The van der Waals surface area contributed by atoms with Crippen LogP contribution in [0.2, 0.25) is 0 Å². The Morgan fingerprint density at radius 1 is 1.37 bits per heavy atom. The number of likely N-dealkylation sites (tertiary alicyclic amines) is 1. The molecule has 1 N–H and O–H groups in total. The molecular formula is C14H18FNO3. The summed E-state index contributed by atoms with van der Waals surface area (Å²) in [6.07, 6.45) is 1.35. The number of carbonyl (C=O) groups is 1. The Bertz CT molecular complexity index is 430. The Morgan fingerprint density at radius 2 is 2.05 bits per heavy atom. The fraction of sp³-hybridized carbons (Fsp3) is 0.500. The van der Waals surface area contributed by atoms with Crippen molar-refractivity contribution in [1.29, 1.82) is 0 Å². The molecule has 4 nitrogen and oxygen atoms in total. The number of nitrogens with zero attached hydrogens (tertiary/aromatic N) is 1. The number of carboxylic acids is 1. The van der Waals surface area contributed by atoms with Crippen LogP contribution in [-0.4, -0.2) is 42.2 Å². The molecule has 0 aliphatic carbocycles. The molecule has 0 saturated carbocycles. The summed E-state index contributed by atoms with van der Waals surface area (Å²) in [7, 11) is 0. The van der Waals surface area contributed by atoms with E-state index in [1.807, 2.05) is 0 Å². The van der Waals surface area contributed by atoms with Crippen molar-refractivity contribution in [2.45, 2.75) is 12.8 Å². The Morgan fingerprint density at radius 3 is 2.68 bits per heavy atom. The molecule has 0 bridgehead atoms. The van der Waals surface area contributed by atoms with E-state index in [-0.39, 0.29) is 17.5 Å². The van der Waals surface area contributed by atoms with E-state index < -0.39 is 5.97 Å². The minimum absolute atomic E-state index is 0.219. The van der Waals surface area contributed by atoms with E-state index in [1.54, 1.807) is 18.2 Å². The van der Waals surface area contributed by atoms with Gasteiger partial charge in [0.2, 0.25) is 0 Å². The van der Waals surface area contributed by atoms with Crippen LogP contribution < -0.4 is 4.74 Å². The first-order chi connectivity index (χ1) is 9.16. The van der Waals surface area contributed by atoms with Crippen molar-refractivity contribution in [3.05, 3.63) is 30.1 Å². The normalized spacial score (nSPS) is 17.3. The number of aliphatic carboxylic acids is 1. The molecule has 1 aliphatic rings. The number of halogens is 1. The molecule has 1 aromatic carbocycles. The number of para-hydroxylation sites is 1. The van der Waals surface area contributed by atoms with Crippen LogP contribution in [0.4, 0.5) is 4.39 Å². The lowest BCUT2D eigenvalue weighted by molar-refractivity contribution is -0.143. The van der Waals surface area contributed by atoms with Gasteiger partial charge in [-0.05, 0) is 38.1 Å². The number of piperidine rings is 1. The van der Waals surface area contributed by atoms with Crippen molar-refractivity contribution in [3.63, 3.8) is 0 Å². The molecule has 0 amide bonds. The summed E-state index contributed by atoms with van der Waals surface area (Å²) in [6, 6.07) is 6.33. The molecule has 104 valence electrons. The maximum Gasteiger partial charge on any atom is 0.306 e. The predicted octanol–water partition coefficient (Wildman–Crippen LogP) is 2.00. The molecule has 0 spiro atoms. The zero-order valence-corrected chi connectivity index (χ0v) is 10.7. The van der Waals surface area contributed by atoms with E-state index >= 15 is 0 Å². The van der Waals surface area contributed by atoms with Crippen molar-refractivity contribution < 1.29 is 19.0 Å². The zero-order chi connectivity index (χ0) is 13.7. The van der Waals surface area contributed by atoms with Gasteiger partial charge in [-0.1, -0.05) is 12.1 Å². The second-order valence-corrected chi connectivity index (χ2v) is 4.73. The second-order valence-electron chi connectivity index (χ2n) is 4.73. The van der Waals surface area contributed by atoms with E-state index in [1.165, 1.54) is 6.07 Å². The van der Waals surface area contributed by atoms with Crippen molar-refractivity contribution in [1.82, 2.24) is 4.90 Å². The van der Waals surface area contributed by atoms with Gasteiger partial charge in [0.1, 0.15) is 6.61 Å². The topological polar surface area (TPSA) is 49.8 Å². The van der Waals surface area contributed by atoms with Gasteiger partial charge in [0.05, 0.1) is 5.92 Å². The maximum atomic E-state index is 13.3. The summed E-state index contributed by atoms with van der Waals surface area (Å²) in [5.41, 5.74) is 0. The molecule has 0 atom stereocenters. The molecule has 1 heterocycles. The van der Waals surface area contributed by atoms with E-state index in [2.05, 4.69) is 4.90 Å². The Hall–Kier alpha value is -1.62. The summed E-state index contributed by atoms with van der Waals surface area (Å²) in [5, 5.41) is 8.89. The number of ether oxygens (including phenoxy) is 1. The molecule has 5 heteroatoms. The maximum absolute atomic E-state index is 13.3. The lowest BCUT2D eigenvalue weighted by Crippen LogP contribution is -2.38. The van der Waals surface area contributed by atoms with Crippen LogP contribution in [0.5, 0.6) is 5.75 Å². The fourth-order valence-corrected chi connectivity index (χ4v) is 2.25. The summed E-state index contributed by atoms with van der Waals surface area (Å²) in [6.45, 7) is 2.63. The van der Waals surface area contributed by atoms with Gasteiger partial charge in [-0.2, -0.15) is 0 Å². The SMILES string of the molecule is O=C(O)C1CCN(CCOc2ccccc2F)CC1. The Kier molecular flexibility index (Phi) is 4.74. The summed E-state index contributed by atoms with van der Waals surface area (Å²) < 4.78 is 18.7. The van der Waals surface area contributed by atoms with E-state index in [0.29, 0.717) is 26.0 Å². The van der Waals surface area contributed by atoms with Gasteiger partial charge in [-0.3, -0.25) is 9.69 Å². The van der Waals surface area contributed by atoms with Gasteiger partial charge in [0, 0.05) is 6.54 Å². The van der Waals surface area contributed by atoms with E-state index in [9.17, 15) is 9.18 Å². The monoisotopic (exact) mass is 267 g/mol. The van der Waals surface area contributed by atoms with Crippen LogP contribution in [-0.2, 0) is 4.79 Å². The number of rotatable bonds is 5. The van der Waals surface area contributed by atoms with Crippen LogP contribution in [0.25, 0.3) is 0 Å². The number of hydrogen-bond donors (Lipinski definition) is 1. The highest BCUT2D eigenvalue weighted by atomic mass is 19.1. The molecule has 1 aromatic rings. The third kappa shape index (κ3) is 3.92. The average Bonchev–Trinajstić information content (AvgIpc) is 2.41. The first-order valence-corrected chi connectivity index (χ1v) is 6.49. The van der Waals surface area contributed by atoms with Crippen LogP contribution >= 0.6 is 0 Å². The molecule has 2 rings (SSSR count). The van der Waals surface area contributed by atoms with Gasteiger partial charge >= 0.3 is 5.97 Å². The van der Waals surface area contributed by atoms with Crippen LogP contribution in [0.3, 0.4) is 0 Å². The zero-order valence-electron chi connectivity index (χ0n) is 10.7. The third-order valence-electron chi connectivity index (χ3n) is 3.44. The minimum atomic E-state index is -0.706. The fourth-order valence-electron chi connectivity index (χ4n) is 2.25. The van der Waals surface area contributed by atoms with E-state index in [0.717, 1.165) is 13.1 Å². The lowest BCUT2D eigenvalue weighted by Gasteiger charge is -2.29. The predicted molar refractivity (Wildman–Crippen MR) is 68.7 cm³/mol. The average molecular weight is 267 g/mol. The standard InChI is InChI=1S/C14H18FNO3/c15-12-3-1-2-4-13(12)19-10-9-16-7-5-11(6-8-16)14(17)18/h1-4,11H,5-10H2,(H,17,18). The molecule has 0 radical (unpaired) electrons. The number of carboxylic acid groups (broad SMARTS) is 1. The van der Waals surface area contributed by atoms with Crippen molar-refractivity contribution >= 4 is 5.97 Å². The van der Waals surface area contributed by atoms with Crippen LogP contribution in [0, 0.1) is 11.7 Å². The number of hydrogen-bond acceptors (Lipinski definition) is 3. The minimum Gasteiger partial charge on any atom is -0.489 e. The van der Waals surface area contributed by atoms with Crippen LogP contribution in [0.1, 0.15) is 12.8 Å². The van der Waals surface area contributed by atoms with Gasteiger partial charge in [-0.15, -0.1) is 0 Å². The summed E-state index contributed by atoms with van der Waals surface area (Å²) in [4.78, 5) is 13.0. The Labute approximate surface area is 111 Å². The van der Waals surface area contributed by atoms with Crippen molar-refractivity contribution in [3.8, 4) is 5.75 Å². The van der Waals surface area contributed by atoms with Gasteiger partial charge < -0.3 is 9.84 Å². The van der Waals surface area contributed by atoms with Gasteiger partial charge in [0.25, 0.3) is 0 Å². The molecule has 1 fully saturated rings. The lowest BCUT2D eigenvalue weighted by atomic mass is 9.97. The molecule has 1 saturated heterocycles. The first kappa shape index (κ1) is 13.8. The molecule has 19 heavy (non-hydrogen) atoms. The quantitative estimate of drug-likeness (QED) is 0.886. The highest BCUT2D eigenvalue weighted by Crippen LogP contribution is 2.18. The summed E-state index contributed by atoms with van der Waals surface area (Å²) in [5.74, 6) is -1.01. The number of benzene rings is 1. The van der Waals surface area contributed by atoms with Crippen molar-refractivity contribution in [2.24, 2.45) is 5.92 Å². The molecular weight excluding hydrogens is 249 g/mol. The van der Waals surface area contributed by atoms with Gasteiger partial charge in [-0.25, -0.2) is 4.39 Å². The first-order valence-electron chi connectivity index (χ1n) is 6.49. The smallest absolute Gasteiger partial charge is 0.306 e. The summed E-state index contributed by atoms with van der Waals surface area (Å²) >= 11 is 0. The Balaban J connectivity index is 1.70. The van der Waals surface area contributed by atoms with Gasteiger partial charge in [0.15, 0.2) is 11.6 Å². The molecule has 1 aliphatic heterocycles. The van der Waals surface area contributed by atoms with E-state index in [4.69, 9.17) is 9.84 Å². The highest BCUT2D eigenvalue weighted by molar-refractivity contribution is 5.70.